The van der Waals surface area contributed by atoms with E-state index in [-0.39, 0.29) is 25.4 Å². The molecular formula is C13H15NO6. The second-order valence-electron chi connectivity index (χ2n) is 3.83. The number of anilines is 1. The molecule has 0 spiro atoms. The lowest BCUT2D eigenvalue weighted by Crippen LogP contribution is -2.13. The molecular weight excluding hydrogens is 266 g/mol. The Labute approximate surface area is 115 Å². The number of aliphatic carboxylic acids is 1. The van der Waals surface area contributed by atoms with Crippen molar-refractivity contribution in [3.8, 4) is 5.75 Å². The first-order valence-electron chi connectivity index (χ1n) is 5.82. The zero-order valence-electron chi connectivity index (χ0n) is 10.9. The molecule has 7 nitrogen and oxygen atoms in total. The fourth-order valence-electron chi connectivity index (χ4n) is 1.28. The summed E-state index contributed by atoms with van der Waals surface area (Å²) < 4.78 is 9.56. The molecule has 0 saturated heterocycles. The van der Waals surface area contributed by atoms with Crippen LogP contribution >= 0.6 is 0 Å². The van der Waals surface area contributed by atoms with Crippen LogP contribution in [0.4, 0.5) is 5.69 Å². The lowest BCUT2D eigenvalue weighted by molar-refractivity contribution is -0.143. The van der Waals surface area contributed by atoms with Crippen molar-refractivity contribution in [3.63, 3.8) is 0 Å². The summed E-state index contributed by atoms with van der Waals surface area (Å²) in [5, 5.41) is 11.0. The first kappa shape index (κ1) is 15.5. The number of benzene rings is 1. The van der Waals surface area contributed by atoms with Gasteiger partial charge in [-0.1, -0.05) is 0 Å². The van der Waals surface area contributed by atoms with Gasteiger partial charge in [0.25, 0.3) is 0 Å². The van der Waals surface area contributed by atoms with Gasteiger partial charge in [0.05, 0.1) is 13.5 Å². The predicted molar refractivity (Wildman–Crippen MR) is 69.5 cm³/mol. The standard InChI is InChI=1S/C13H15NO6/c1-19-13(18)8-20-10-4-2-9(3-5-10)14-11(15)6-7-12(16)17/h2-5H,6-8H2,1H3,(H,14,15)(H,16,17). The molecule has 0 aromatic heterocycles. The van der Waals surface area contributed by atoms with Crippen LogP contribution in [-0.2, 0) is 19.1 Å². The van der Waals surface area contributed by atoms with Crippen LogP contribution in [0.3, 0.4) is 0 Å². The number of amides is 1. The van der Waals surface area contributed by atoms with Crippen LogP contribution in [0.15, 0.2) is 24.3 Å². The number of carboxylic acids is 1. The minimum Gasteiger partial charge on any atom is -0.482 e. The Morgan fingerprint density at radius 2 is 1.80 bits per heavy atom. The maximum atomic E-state index is 11.4. The minimum atomic E-state index is -1.02. The minimum absolute atomic E-state index is 0.0874. The third-order valence-corrected chi connectivity index (χ3v) is 2.29. The summed E-state index contributed by atoms with van der Waals surface area (Å²) in [6.07, 6.45) is -0.303. The summed E-state index contributed by atoms with van der Waals surface area (Å²) in [4.78, 5) is 32.6. The Morgan fingerprint density at radius 1 is 1.15 bits per heavy atom. The molecule has 1 rings (SSSR count). The van der Waals surface area contributed by atoms with Gasteiger partial charge in [-0.25, -0.2) is 4.79 Å². The fourth-order valence-corrected chi connectivity index (χ4v) is 1.28. The molecule has 0 aliphatic rings. The number of methoxy groups -OCH3 is 1. The lowest BCUT2D eigenvalue weighted by Gasteiger charge is -2.07. The molecule has 0 aliphatic carbocycles. The third-order valence-electron chi connectivity index (χ3n) is 2.29. The summed E-state index contributed by atoms with van der Waals surface area (Å²) in [6, 6.07) is 6.34. The number of carboxylic acid groups (broad SMARTS) is 1. The number of carbonyl (C=O) groups excluding carboxylic acids is 2. The van der Waals surface area contributed by atoms with Crippen molar-refractivity contribution < 1.29 is 29.0 Å². The number of esters is 1. The highest BCUT2D eigenvalue weighted by Gasteiger charge is 2.06. The van der Waals surface area contributed by atoms with Gasteiger partial charge in [-0.05, 0) is 24.3 Å². The van der Waals surface area contributed by atoms with E-state index in [0.29, 0.717) is 11.4 Å². The largest absolute Gasteiger partial charge is 0.482 e. The van der Waals surface area contributed by atoms with Crippen molar-refractivity contribution in [2.75, 3.05) is 19.0 Å². The van der Waals surface area contributed by atoms with Crippen molar-refractivity contribution >= 4 is 23.5 Å². The van der Waals surface area contributed by atoms with Crippen LogP contribution in [0.25, 0.3) is 0 Å². The second kappa shape index (κ2) is 7.78. The van der Waals surface area contributed by atoms with Gasteiger partial charge in [-0.15, -0.1) is 0 Å². The van der Waals surface area contributed by atoms with Gasteiger partial charge in [0.2, 0.25) is 5.91 Å². The molecule has 0 unspecified atom stereocenters. The molecule has 1 amide bonds. The molecule has 7 heteroatoms. The Balaban J connectivity index is 2.43. The van der Waals surface area contributed by atoms with Gasteiger partial charge in [0, 0.05) is 12.1 Å². The summed E-state index contributed by atoms with van der Waals surface area (Å²) in [7, 11) is 1.27. The van der Waals surface area contributed by atoms with E-state index in [1.165, 1.54) is 7.11 Å². The highest BCUT2D eigenvalue weighted by molar-refractivity contribution is 5.92. The molecule has 2 N–H and O–H groups in total. The molecule has 1 aromatic carbocycles. The monoisotopic (exact) mass is 281 g/mol. The van der Waals surface area contributed by atoms with E-state index in [2.05, 4.69) is 10.1 Å². The molecule has 0 aliphatic heterocycles. The summed E-state index contributed by atoms with van der Waals surface area (Å²) in [5.41, 5.74) is 0.519. The van der Waals surface area contributed by atoms with Crippen LogP contribution in [0.2, 0.25) is 0 Å². The molecule has 0 atom stereocenters. The van der Waals surface area contributed by atoms with E-state index < -0.39 is 11.9 Å². The first-order chi connectivity index (χ1) is 9.51. The van der Waals surface area contributed by atoms with Gasteiger partial charge in [-0.3, -0.25) is 9.59 Å². The Hall–Kier alpha value is -2.57. The van der Waals surface area contributed by atoms with Gasteiger partial charge in [0.15, 0.2) is 6.61 Å². The number of nitrogens with one attached hydrogen (secondary N) is 1. The Morgan fingerprint density at radius 3 is 2.35 bits per heavy atom. The smallest absolute Gasteiger partial charge is 0.343 e. The highest BCUT2D eigenvalue weighted by Crippen LogP contribution is 2.16. The zero-order valence-corrected chi connectivity index (χ0v) is 10.9. The average Bonchev–Trinajstić information content (AvgIpc) is 2.44. The van der Waals surface area contributed by atoms with Crippen LogP contribution in [0, 0.1) is 0 Å². The van der Waals surface area contributed by atoms with Crippen LogP contribution in [0.5, 0.6) is 5.75 Å². The van der Waals surface area contributed by atoms with Crippen molar-refractivity contribution in [2.24, 2.45) is 0 Å². The molecule has 0 fully saturated rings. The summed E-state index contributed by atoms with van der Waals surface area (Å²) >= 11 is 0. The van der Waals surface area contributed by atoms with Gasteiger partial charge in [-0.2, -0.15) is 0 Å². The Bertz CT molecular complexity index is 482. The van der Waals surface area contributed by atoms with E-state index in [9.17, 15) is 14.4 Å². The lowest BCUT2D eigenvalue weighted by atomic mass is 10.2. The van der Waals surface area contributed by atoms with Crippen molar-refractivity contribution in [3.05, 3.63) is 24.3 Å². The molecule has 20 heavy (non-hydrogen) atoms. The van der Waals surface area contributed by atoms with Crippen LogP contribution in [0.1, 0.15) is 12.8 Å². The van der Waals surface area contributed by atoms with Crippen LogP contribution < -0.4 is 10.1 Å². The molecule has 108 valence electrons. The molecule has 0 heterocycles. The van der Waals surface area contributed by atoms with Crippen molar-refractivity contribution in [1.29, 1.82) is 0 Å². The van der Waals surface area contributed by atoms with E-state index in [4.69, 9.17) is 9.84 Å². The first-order valence-corrected chi connectivity index (χ1v) is 5.82. The van der Waals surface area contributed by atoms with Gasteiger partial charge < -0.3 is 19.9 Å². The van der Waals surface area contributed by atoms with E-state index in [1.54, 1.807) is 24.3 Å². The van der Waals surface area contributed by atoms with Gasteiger partial charge >= 0.3 is 11.9 Å². The van der Waals surface area contributed by atoms with Crippen molar-refractivity contribution in [1.82, 2.24) is 0 Å². The third kappa shape index (κ3) is 5.85. The molecule has 0 radical (unpaired) electrons. The topological polar surface area (TPSA) is 102 Å². The number of ether oxygens (including phenoxy) is 2. The molecule has 1 aromatic rings. The van der Waals surface area contributed by atoms with E-state index in [0.717, 1.165) is 0 Å². The summed E-state index contributed by atoms with van der Waals surface area (Å²) in [5.74, 6) is -1.43. The summed E-state index contributed by atoms with van der Waals surface area (Å²) in [6.45, 7) is -0.194. The molecule has 0 saturated carbocycles. The van der Waals surface area contributed by atoms with Crippen LogP contribution in [-0.4, -0.2) is 36.7 Å². The number of hydrogen-bond donors (Lipinski definition) is 2. The number of rotatable bonds is 7. The van der Waals surface area contributed by atoms with E-state index in [1.807, 2.05) is 0 Å². The zero-order chi connectivity index (χ0) is 15.0. The predicted octanol–water partition coefficient (Wildman–Crippen LogP) is 1.04. The maximum Gasteiger partial charge on any atom is 0.343 e. The Kier molecular flexibility index (Phi) is 6.02. The van der Waals surface area contributed by atoms with E-state index >= 15 is 0 Å². The number of carbonyl (C=O) groups is 3. The number of hydrogen-bond acceptors (Lipinski definition) is 5. The highest BCUT2D eigenvalue weighted by atomic mass is 16.6. The fraction of sp³-hybridized carbons (Fsp3) is 0.308. The maximum absolute atomic E-state index is 11.4. The van der Waals surface area contributed by atoms with Crippen molar-refractivity contribution in [2.45, 2.75) is 12.8 Å². The quantitative estimate of drug-likeness (QED) is 0.724. The second-order valence-corrected chi connectivity index (χ2v) is 3.83. The SMILES string of the molecule is COC(=O)COc1ccc(NC(=O)CCC(=O)O)cc1. The molecule has 0 bridgehead atoms. The van der Waals surface area contributed by atoms with Gasteiger partial charge in [0.1, 0.15) is 5.75 Å². The normalized spacial score (nSPS) is 9.65. The average molecular weight is 281 g/mol.